The highest BCUT2D eigenvalue weighted by Crippen LogP contribution is 2.31. The standard InChI is InChI=1S/C16H20ClNO2.ClH/c1-11(12-2-4-14(17)5-3-12)16(19)20-15-10-18-8-6-13(15)7-9-18;/h2-5,11,13,15H,6-10H2,1H3;1H. The highest BCUT2D eigenvalue weighted by atomic mass is 35.5. The van der Waals surface area contributed by atoms with E-state index >= 15 is 0 Å². The number of hydrogen-bond acceptors (Lipinski definition) is 3. The summed E-state index contributed by atoms with van der Waals surface area (Å²) in [4.78, 5) is 14.7. The van der Waals surface area contributed by atoms with E-state index in [1.807, 2.05) is 31.2 Å². The van der Waals surface area contributed by atoms with Crippen LogP contribution in [0, 0.1) is 5.92 Å². The third-order valence-electron chi connectivity index (χ3n) is 4.59. The molecule has 5 heteroatoms. The predicted molar refractivity (Wildman–Crippen MR) is 86.2 cm³/mol. The summed E-state index contributed by atoms with van der Waals surface area (Å²) in [5, 5.41) is 0.687. The van der Waals surface area contributed by atoms with Crippen molar-refractivity contribution >= 4 is 30.0 Å². The number of fused-ring (bicyclic) bond motifs is 3. The molecular formula is C16H21Cl2NO2. The van der Waals surface area contributed by atoms with Gasteiger partial charge in [-0.2, -0.15) is 0 Å². The van der Waals surface area contributed by atoms with Gasteiger partial charge in [0.25, 0.3) is 0 Å². The number of esters is 1. The Morgan fingerprint density at radius 2 is 1.90 bits per heavy atom. The zero-order chi connectivity index (χ0) is 14.1. The third-order valence-corrected chi connectivity index (χ3v) is 4.84. The van der Waals surface area contributed by atoms with Crippen LogP contribution >= 0.6 is 24.0 Å². The van der Waals surface area contributed by atoms with Crippen LogP contribution in [-0.2, 0) is 9.53 Å². The van der Waals surface area contributed by atoms with Gasteiger partial charge in [-0.25, -0.2) is 0 Å². The quantitative estimate of drug-likeness (QED) is 0.795. The fraction of sp³-hybridized carbons (Fsp3) is 0.562. The van der Waals surface area contributed by atoms with Crippen LogP contribution in [0.5, 0.6) is 0 Å². The van der Waals surface area contributed by atoms with Crippen LogP contribution in [0.2, 0.25) is 5.02 Å². The molecule has 3 saturated heterocycles. The second-order valence-corrected chi connectivity index (χ2v) is 6.32. The molecule has 0 radical (unpaired) electrons. The Balaban J connectivity index is 0.00000161. The van der Waals surface area contributed by atoms with E-state index in [-0.39, 0.29) is 30.4 Å². The van der Waals surface area contributed by atoms with Gasteiger partial charge in [0.1, 0.15) is 6.10 Å². The molecule has 21 heavy (non-hydrogen) atoms. The van der Waals surface area contributed by atoms with E-state index < -0.39 is 0 Å². The van der Waals surface area contributed by atoms with Crippen LogP contribution in [0.3, 0.4) is 0 Å². The maximum absolute atomic E-state index is 12.3. The van der Waals surface area contributed by atoms with Crippen LogP contribution in [0.4, 0.5) is 0 Å². The zero-order valence-corrected chi connectivity index (χ0v) is 13.7. The molecule has 3 heterocycles. The van der Waals surface area contributed by atoms with E-state index in [2.05, 4.69) is 4.90 Å². The van der Waals surface area contributed by atoms with E-state index in [1.165, 1.54) is 0 Å². The first-order valence-corrected chi connectivity index (χ1v) is 7.69. The van der Waals surface area contributed by atoms with Crippen LogP contribution in [0.15, 0.2) is 24.3 Å². The fourth-order valence-corrected chi connectivity index (χ4v) is 3.31. The molecule has 2 atom stereocenters. The summed E-state index contributed by atoms with van der Waals surface area (Å²) in [6.07, 6.45) is 2.40. The minimum absolute atomic E-state index is 0. The molecule has 116 valence electrons. The van der Waals surface area contributed by atoms with E-state index in [0.29, 0.717) is 10.9 Å². The SMILES string of the molecule is CC(C(=O)OC1CN2CCC1CC2)c1ccc(Cl)cc1.Cl. The van der Waals surface area contributed by atoms with E-state index in [9.17, 15) is 4.79 Å². The summed E-state index contributed by atoms with van der Waals surface area (Å²) in [6.45, 7) is 5.12. The van der Waals surface area contributed by atoms with Crippen molar-refractivity contribution in [2.45, 2.75) is 31.8 Å². The van der Waals surface area contributed by atoms with Gasteiger partial charge >= 0.3 is 5.97 Å². The molecule has 3 aliphatic heterocycles. The summed E-state index contributed by atoms with van der Waals surface area (Å²) in [6, 6.07) is 7.42. The molecule has 3 aliphatic rings. The minimum atomic E-state index is -0.234. The van der Waals surface area contributed by atoms with Crippen LogP contribution in [0.1, 0.15) is 31.2 Å². The first-order valence-electron chi connectivity index (χ1n) is 7.32. The Bertz CT molecular complexity index is 484. The molecule has 2 bridgehead atoms. The lowest BCUT2D eigenvalue weighted by Crippen LogP contribution is -2.52. The zero-order valence-electron chi connectivity index (χ0n) is 12.1. The number of carbonyl (C=O) groups is 1. The highest BCUT2D eigenvalue weighted by Gasteiger charge is 2.37. The summed E-state index contributed by atoms with van der Waals surface area (Å²) in [5.74, 6) is 0.204. The molecule has 0 aliphatic carbocycles. The number of piperidine rings is 3. The lowest BCUT2D eigenvalue weighted by atomic mass is 9.86. The average molecular weight is 330 g/mol. The van der Waals surface area contributed by atoms with Crippen molar-refractivity contribution in [3.63, 3.8) is 0 Å². The van der Waals surface area contributed by atoms with Gasteiger partial charge in [-0.3, -0.25) is 9.69 Å². The van der Waals surface area contributed by atoms with E-state index in [1.54, 1.807) is 0 Å². The molecule has 0 saturated carbocycles. The van der Waals surface area contributed by atoms with Gasteiger partial charge in [0.2, 0.25) is 0 Å². The fourth-order valence-electron chi connectivity index (χ4n) is 3.18. The van der Waals surface area contributed by atoms with Crippen LogP contribution < -0.4 is 0 Å². The number of rotatable bonds is 3. The van der Waals surface area contributed by atoms with Gasteiger partial charge in [0.05, 0.1) is 5.92 Å². The van der Waals surface area contributed by atoms with Crippen molar-refractivity contribution in [3.8, 4) is 0 Å². The van der Waals surface area contributed by atoms with Crippen molar-refractivity contribution < 1.29 is 9.53 Å². The van der Waals surface area contributed by atoms with Gasteiger partial charge in [0.15, 0.2) is 0 Å². The summed E-state index contributed by atoms with van der Waals surface area (Å²) < 4.78 is 5.76. The van der Waals surface area contributed by atoms with Crippen molar-refractivity contribution in [1.82, 2.24) is 4.90 Å². The molecule has 3 nitrogen and oxygen atoms in total. The van der Waals surface area contributed by atoms with Crippen molar-refractivity contribution in [2.24, 2.45) is 5.92 Å². The number of halogens is 2. The number of carbonyl (C=O) groups excluding carboxylic acids is 1. The number of benzene rings is 1. The molecule has 0 amide bonds. The monoisotopic (exact) mass is 329 g/mol. The molecule has 1 aromatic rings. The Morgan fingerprint density at radius 1 is 1.29 bits per heavy atom. The molecule has 3 fully saturated rings. The maximum Gasteiger partial charge on any atom is 0.313 e. The average Bonchev–Trinajstić information content (AvgIpc) is 2.48. The van der Waals surface area contributed by atoms with E-state index in [4.69, 9.17) is 16.3 Å². The van der Waals surface area contributed by atoms with Crippen molar-refractivity contribution in [2.75, 3.05) is 19.6 Å². The first kappa shape index (κ1) is 16.6. The number of hydrogen-bond donors (Lipinski definition) is 0. The lowest BCUT2D eigenvalue weighted by molar-refractivity contribution is -0.160. The Labute approximate surface area is 137 Å². The normalized spacial score (nSPS) is 28.6. The second kappa shape index (κ2) is 6.99. The summed E-state index contributed by atoms with van der Waals surface area (Å²) in [7, 11) is 0. The molecule has 0 spiro atoms. The van der Waals surface area contributed by atoms with E-state index in [0.717, 1.165) is 38.0 Å². The van der Waals surface area contributed by atoms with Gasteiger partial charge in [0, 0.05) is 11.6 Å². The van der Waals surface area contributed by atoms with Crippen LogP contribution in [0.25, 0.3) is 0 Å². The smallest absolute Gasteiger partial charge is 0.313 e. The Morgan fingerprint density at radius 3 is 2.43 bits per heavy atom. The molecule has 2 unspecified atom stereocenters. The molecular weight excluding hydrogens is 309 g/mol. The molecule has 4 rings (SSSR count). The van der Waals surface area contributed by atoms with Crippen molar-refractivity contribution in [1.29, 1.82) is 0 Å². The summed E-state index contributed by atoms with van der Waals surface area (Å²) >= 11 is 5.87. The summed E-state index contributed by atoms with van der Waals surface area (Å²) in [5.41, 5.74) is 0.959. The molecule has 1 aromatic carbocycles. The first-order chi connectivity index (χ1) is 9.63. The minimum Gasteiger partial charge on any atom is -0.460 e. The number of ether oxygens (including phenoxy) is 1. The Kier molecular flexibility index (Phi) is 5.53. The third kappa shape index (κ3) is 3.71. The van der Waals surface area contributed by atoms with Crippen LogP contribution in [-0.4, -0.2) is 36.6 Å². The van der Waals surface area contributed by atoms with Crippen molar-refractivity contribution in [3.05, 3.63) is 34.9 Å². The molecule has 0 N–H and O–H groups in total. The predicted octanol–water partition coefficient (Wildman–Crippen LogP) is 3.50. The maximum atomic E-state index is 12.3. The van der Waals surface area contributed by atoms with Gasteiger partial charge < -0.3 is 4.74 Å². The van der Waals surface area contributed by atoms with Gasteiger partial charge in [-0.05, 0) is 56.5 Å². The number of nitrogens with zero attached hydrogens (tertiary/aromatic N) is 1. The highest BCUT2D eigenvalue weighted by molar-refractivity contribution is 6.30. The lowest BCUT2D eigenvalue weighted by Gasteiger charge is -2.44. The topological polar surface area (TPSA) is 29.5 Å². The van der Waals surface area contributed by atoms with Gasteiger partial charge in [-0.15, -0.1) is 12.4 Å². The second-order valence-electron chi connectivity index (χ2n) is 5.89. The molecule has 0 aromatic heterocycles. The largest absolute Gasteiger partial charge is 0.460 e. The Hall–Kier alpha value is -0.770. The van der Waals surface area contributed by atoms with Gasteiger partial charge in [-0.1, -0.05) is 23.7 Å².